The molecule has 0 aliphatic heterocycles. The number of hydrogen-bond acceptors (Lipinski definition) is 4. The van der Waals surface area contributed by atoms with Crippen molar-refractivity contribution in [2.45, 2.75) is 46.5 Å². The molecule has 0 unspecified atom stereocenters. The fraction of sp³-hybridized carbons (Fsp3) is 0.450. The second kappa shape index (κ2) is 8.10. The maximum Gasteiger partial charge on any atom is 0.254 e. The van der Waals surface area contributed by atoms with Crippen molar-refractivity contribution < 1.29 is 4.79 Å². The minimum Gasteiger partial charge on any atom is -0.352 e. The molecule has 0 aliphatic rings. The van der Waals surface area contributed by atoms with Crippen LogP contribution in [0.25, 0.3) is 0 Å². The number of anilines is 2. The van der Waals surface area contributed by atoms with Crippen LogP contribution in [0.5, 0.6) is 0 Å². The van der Waals surface area contributed by atoms with E-state index in [1.807, 2.05) is 18.2 Å². The SMILES string of the molecule is CC(C)CCNC(=O)c1cnc(Nc2ccccc2C(C)(C)C)nc1. The molecule has 5 nitrogen and oxygen atoms in total. The molecule has 2 aromatic rings. The average molecular weight is 340 g/mol. The first kappa shape index (κ1) is 18.9. The zero-order valence-corrected chi connectivity index (χ0v) is 15.8. The Bertz CT molecular complexity index is 702. The molecule has 0 saturated carbocycles. The van der Waals surface area contributed by atoms with Gasteiger partial charge in [0, 0.05) is 24.6 Å². The van der Waals surface area contributed by atoms with Crippen LogP contribution < -0.4 is 10.6 Å². The molecule has 1 aromatic heterocycles. The number of carbonyl (C=O) groups excluding carboxylic acids is 1. The molecule has 0 spiro atoms. The van der Waals surface area contributed by atoms with E-state index >= 15 is 0 Å². The summed E-state index contributed by atoms with van der Waals surface area (Å²) in [5.41, 5.74) is 2.65. The third-order valence-electron chi connectivity index (χ3n) is 3.90. The number of nitrogens with one attached hydrogen (secondary N) is 2. The first-order valence-electron chi connectivity index (χ1n) is 8.74. The molecule has 25 heavy (non-hydrogen) atoms. The average Bonchev–Trinajstić information content (AvgIpc) is 2.54. The van der Waals surface area contributed by atoms with Gasteiger partial charge in [-0.25, -0.2) is 9.97 Å². The number of rotatable bonds is 6. The van der Waals surface area contributed by atoms with Gasteiger partial charge in [0.1, 0.15) is 0 Å². The highest BCUT2D eigenvalue weighted by molar-refractivity contribution is 5.93. The van der Waals surface area contributed by atoms with E-state index in [9.17, 15) is 4.79 Å². The second-order valence-corrected chi connectivity index (χ2v) is 7.65. The summed E-state index contributed by atoms with van der Waals surface area (Å²) in [6.07, 6.45) is 4.06. The number of nitrogens with zero attached hydrogens (tertiary/aromatic N) is 2. The number of amides is 1. The van der Waals surface area contributed by atoms with E-state index in [1.165, 1.54) is 5.56 Å². The highest BCUT2D eigenvalue weighted by Crippen LogP contribution is 2.30. The van der Waals surface area contributed by atoms with Crippen LogP contribution in [-0.2, 0) is 5.41 Å². The summed E-state index contributed by atoms with van der Waals surface area (Å²) >= 11 is 0. The van der Waals surface area contributed by atoms with Crippen LogP contribution in [0.2, 0.25) is 0 Å². The first-order valence-corrected chi connectivity index (χ1v) is 8.74. The van der Waals surface area contributed by atoms with E-state index in [4.69, 9.17) is 0 Å². The monoisotopic (exact) mass is 340 g/mol. The van der Waals surface area contributed by atoms with Crippen molar-refractivity contribution in [3.8, 4) is 0 Å². The number of benzene rings is 1. The Hall–Kier alpha value is -2.43. The van der Waals surface area contributed by atoms with Crippen LogP contribution >= 0.6 is 0 Å². The Morgan fingerprint density at radius 2 is 1.76 bits per heavy atom. The van der Waals surface area contributed by atoms with Crippen molar-refractivity contribution >= 4 is 17.5 Å². The molecule has 1 heterocycles. The first-order chi connectivity index (χ1) is 11.8. The third kappa shape index (κ3) is 5.55. The fourth-order valence-corrected chi connectivity index (χ4v) is 2.45. The van der Waals surface area contributed by atoms with E-state index in [1.54, 1.807) is 12.4 Å². The molecule has 134 valence electrons. The summed E-state index contributed by atoms with van der Waals surface area (Å²) in [6.45, 7) is 11.4. The topological polar surface area (TPSA) is 66.9 Å². The minimum atomic E-state index is -0.137. The Kier molecular flexibility index (Phi) is 6.12. The van der Waals surface area contributed by atoms with Gasteiger partial charge in [0.05, 0.1) is 5.56 Å². The number of para-hydroxylation sites is 1. The second-order valence-electron chi connectivity index (χ2n) is 7.65. The molecular formula is C20H28N4O. The van der Waals surface area contributed by atoms with E-state index in [-0.39, 0.29) is 11.3 Å². The summed E-state index contributed by atoms with van der Waals surface area (Å²) < 4.78 is 0. The fourth-order valence-electron chi connectivity index (χ4n) is 2.45. The standard InChI is InChI=1S/C20H28N4O/c1-14(2)10-11-21-18(25)15-12-22-19(23-13-15)24-17-9-7-6-8-16(17)20(3,4)5/h6-9,12-14H,10-11H2,1-5H3,(H,21,25)(H,22,23,24). The van der Waals surface area contributed by atoms with Crippen LogP contribution in [0.4, 0.5) is 11.6 Å². The number of aromatic nitrogens is 2. The van der Waals surface area contributed by atoms with Gasteiger partial charge in [-0.15, -0.1) is 0 Å². The lowest BCUT2D eigenvalue weighted by Gasteiger charge is -2.22. The van der Waals surface area contributed by atoms with Gasteiger partial charge in [-0.2, -0.15) is 0 Å². The Labute approximate surface area is 150 Å². The predicted octanol–water partition coefficient (Wildman–Crippen LogP) is 4.29. The molecule has 0 atom stereocenters. The molecule has 0 aliphatic carbocycles. The summed E-state index contributed by atoms with van der Waals surface area (Å²) in [4.78, 5) is 20.6. The molecule has 0 bridgehead atoms. The molecule has 5 heteroatoms. The predicted molar refractivity (Wildman–Crippen MR) is 102 cm³/mol. The summed E-state index contributed by atoms with van der Waals surface area (Å²) in [5, 5.41) is 6.14. The molecule has 2 N–H and O–H groups in total. The lowest BCUT2D eigenvalue weighted by Crippen LogP contribution is -2.25. The highest BCUT2D eigenvalue weighted by Gasteiger charge is 2.18. The Morgan fingerprint density at radius 1 is 1.12 bits per heavy atom. The molecule has 2 rings (SSSR count). The molecule has 0 fully saturated rings. The van der Waals surface area contributed by atoms with Crippen molar-refractivity contribution in [2.24, 2.45) is 5.92 Å². The van der Waals surface area contributed by atoms with Crippen molar-refractivity contribution in [1.29, 1.82) is 0 Å². The van der Waals surface area contributed by atoms with Crippen LogP contribution in [0, 0.1) is 5.92 Å². The lowest BCUT2D eigenvalue weighted by atomic mass is 9.86. The van der Waals surface area contributed by atoms with Crippen LogP contribution in [0.15, 0.2) is 36.7 Å². The molecule has 1 amide bonds. The Morgan fingerprint density at radius 3 is 2.36 bits per heavy atom. The van der Waals surface area contributed by atoms with Gasteiger partial charge in [0.15, 0.2) is 0 Å². The zero-order chi connectivity index (χ0) is 18.4. The van der Waals surface area contributed by atoms with E-state index in [0.717, 1.165) is 12.1 Å². The van der Waals surface area contributed by atoms with E-state index in [2.05, 4.69) is 61.3 Å². The van der Waals surface area contributed by atoms with E-state index in [0.29, 0.717) is 24.0 Å². The van der Waals surface area contributed by atoms with Gasteiger partial charge in [0.2, 0.25) is 5.95 Å². The van der Waals surface area contributed by atoms with Crippen molar-refractivity contribution in [2.75, 3.05) is 11.9 Å². The molecule has 0 radical (unpaired) electrons. The van der Waals surface area contributed by atoms with Gasteiger partial charge in [-0.05, 0) is 29.4 Å². The van der Waals surface area contributed by atoms with Crippen LogP contribution in [0.1, 0.15) is 57.0 Å². The van der Waals surface area contributed by atoms with Gasteiger partial charge in [0.25, 0.3) is 5.91 Å². The third-order valence-corrected chi connectivity index (χ3v) is 3.90. The van der Waals surface area contributed by atoms with Gasteiger partial charge in [-0.1, -0.05) is 52.8 Å². The maximum absolute atomic E-state index is 12.1. The Balaban J connectivity index is 2.05. The quantitative estimate of drug-likeness (QED) is 0.823. The number of hydrogen-bond donors (Lipinski definition) is 2. The van der Waals surface area contributed by atoms with Crippen LogP contribution in [0.3, 0.4) is 0 Å². The lowest BCUT2D eigenvalue weighted by molar-refractivity contribution is 0.0951. The van der Waals surface area contributed by atoms with Gasteiger partial charge in [-0.3, -0.25) is 4.79 Å². The normalized spacial score (nSPS) is 11.4. The summed E-state index contributed by atoms with van der Waals surface area (Å²) in [5.74, 6) is 0.906. The van der Waals surface area contributed by atoms with Crippen molar-refractivity contribution in [3.05, 3.63) is 47.8 Å². The molecular weight excluding hydrogens is 312 g/mol. The zero-order valence-electron chi connectivity index (χ0n) is 15.8. The van der Waals surface area contributed by atoms with Gasteiger partial charge >= 0.3 is 0 Å². The smallest absolute Gasteiger partial charge is 0.254 e. The van der Waals surface area contributed by atoms with Crippen molar-refractivity contribution in [3.63, 3.8) is 0 Å². The van der Waals surface area contributed by atoms with E-state index < -0.39 is 0 Å². The minimum absolute atomic E-state index is 0.0137. The summed E-state index contributed by atoms with van der Waals surface area (Å²) in [6, 6.07) is 8.11. The molecule has 0 saturated heterocycles. The van der Waals surface area contributed by atoms with Gasteiger partial charge < -0.3 is 10.6 Å². The molecule has 1 aromatic carbocycles. The summed E-state index contributed by atoms with van der Waals surface area (Å²) in [7, 11) is 0. The van der Waals surface area contributed by atoms with Crippen molar-refractivity contribution in [1.82, 2.24) is 15.3 Å². The highest BCUT2D eigenvalue weighted by atomic mass is 16.1. The number of carbonyl (C=O) groups is 1. The largest absolute Gasteiger partial charge is 0.352 e. The maximum atomic E-state index is 12.1. The van der Waals surface area contributed by atoms with Crippen LogP contribution in [-0.4, -0.2) is 22.4 Å².